The fourth-order valence-corrected chi connectivity index (χ4v) is 3.60. The molecule has 1 aliphatic heterocycles. The minimum atomic E-state index is 0.206. The zero-order valence-electron chi connectivity index (χ0n) is 11.8. The van der Waals surface area contributed by atoms with Crippen molar-refractivity contribution in [3.8, 4) is 11.3 Å². The third kappa shape index (κ3) is 2.92. The monoisotopic (exact) mass is 288 g/mol. The van der Waals surface area contributed by atoms with Crippen molar-refractivity contribution in [2.45, 2.75) is 32.4 Å². The highest BCUT2D eigenvalue weighted by Gasteiger charge is 2.23. The maximum atomic E-state index is 5.78. The van der Waals surface area contributed by atoms with Gasteiger partial charge in [-0.1, -0.05) is 37.3 Å². The van der Waals surface area contributed by atoms with Gasteiger partial charge in [-0.25, -0.2) is 4.98 Å². The van der Waals surface area contributed by atoms with E-state index in [-0.39, 0.29) is 6.10 Å². The van der Waals surface area contributed by atoms with Crippen molar-refractivity contribution in [3.63, 3.8) is 0 Å². The van der Waals surface area contributed by atoms with Gasteiger partial charge in [-0.05, 0) is 19.4 Å². The van der Waals surface area contributed by atoms with Gasteiger partial charge < -0.3 is 10.1 Å². The van der Waals surface area contributed by atoms with Gasteiger partial charge in [-0.3, -0.25) is 0 Å². The molecule has 1 unspecified atom stereocenters. The highest BCUT2D eigenvalue weighted by molar-refractivity contribution is 7.12. The molecule has 106 valence electrons. The van der Waals surface area contributed by atoms with Gasteiger partial charge in [0.15, 0.2) is 0 Å². The van der Waals surface area contributed by atoms with Crippen molar-refractivity contribution in [2.24, 2.45) is 0 Å². The van der Waals surface area contributed by atoms with Crippen molar-refractivity contribution >= 4 is 11.3 Å². The van der Waals surface area contributed by atoms with Crippen molar-refractivity contribution < 1.29 is 4.74 Å². The molecule has 2 aromatic rings. The van der Waals surface area contributed by atoms with Crippen molar-refractivity contribution in [1.82, 2.24) is 10.3 Å². The molecule has 1 atom stereocenters. The van der Waals surface area contributed by atoms with Crippen molar-refractivity contribution in [3.05, 3.63) is 40.2 Å². The maximum absolute atomic E-state index is 5.78. The Balaban J connectivity index is 1.93. The Morgan fingerprint density at radius 2 is 2.20 bits per heavy atom. The molecule has 1 aromatic heterocycles. The van der Waals surface area contributed by atoms with Crippen LogP contribution in [0.25, 0.3) is 11.3 Å². The lowest BCUT2D eigenvalue weighted by atomic mass is 10.1. The smallest absolute Gasteiger partial charge is 0.123 e. The lowest BCUT2D eigenvalue weighted by Gasteiger charge is -2.03. The Labute approximate surface area is 124 Å². The molecule has 3 nitrogen and oxygen atoms in total. The summed E-state index contributed by atoms with van der Waals surface area (Å²) in [7, 11) is 0. The molecule has 0 aliphatic carbocycles. The van der Waals surface area contributed by atoms with E-state index in [1.165, 1.54) is 10.4 Å². The van der Waals surface area contributed by atoms with E-state index in [1.807, 2.05) is 6.07 Å². The predicted molar refractivity (Wildman–Crippen MR) is 82.9 cm³/mol. The summed E-state index contributed by atoms with van der Waals surface area (Å²) in [6, 6.07) is 10.4. The highest BCUT2D eigenvalue weighted by atomic mass is 32.1. The number of hydrogen-bond donors (Lipinski definition) is 1. The number of hydrogen-bond acceptors (Lipinski definition) is 4. The minimum absolute atomic E-state index is 0.206. The van der Waals surface area contributed by atoms with Crippen LogP contribution in [0.5, 0.6) is 0 Å². The van der Waals surface area contributed by atoms with Gasteiger partial charge in [-0.2, -0.15) is 0 Å². The first kappa shape index (κ1) is 13.7. The molecule has 20 heavy (non-hydrogen) atoms. The molecule has 0 spiro atoms. The van der Waals surface area contributed by atoms with Gasteiger partial charge in [0.1, 0.15) is 11.1 Å². The normalized spacial score (nSPS) is 18.6. The summed E-state index contributed by atoms with van der Waals surface area (Å²) in [5.74, 6) is 0. The molecule has 1 aromatic carbocycles. The van der Waals surface area contributed by atoms with E-state index in [4.69, 9.17) is 9.72 Å². The van der Waals surface area contributed by atoms with Crippen LogP contribution < -0.4 is 5.32 Å². The summed E-state index contributed by atoms with van der Waals surface area (Å²) in [4.78, 5) is 6.18. The number of benzene rings is 1. The molecule has 0 amide bonds. The molecule has 1 fully saturated rings. The van der Waals surface area contributed by atoms with Gasteiger partial charge in [0, 0.05) is 23.6 Å². The summed E-state index contributed by atoms with van der Waals surface area (Å²) in [6.07, 6.45) is 2.45. The van der Waals surface area contributed by atoms with E-state index < -0.39 is 0 Å². The Morgan fingerprint density at radius 1 is 1.35 bits per heavy atom. The molecule has 3 rings (SSSR count). The highest BCUT2D eigenvalue weighted by Crippen LogP contribution is 2.36. The second kappa shape index (κ2) is 6.48. The Bertz CT molecular complexity index is 547. The molecular weight excluding hydrogens is 268 g/mol. The first-order valence-electron chi connectivity index (χ1n) is 7.26. The number of ether oxygens (including phenoxy) is 1. The van der Waals surface area contributed by atoms with Crippen LogP contribution in [0.3, 0.4) is 0 Å². The van der Waals surface area contributed by atoms with Crippen LogP contribution in [0.2, 0.25) is 0 Å². The van der Waals surface area contributed by atoms with E-state index in [9.17, 15) is 0 Å². The van der Waals surface area contributed by atoms with E-state index in [1.54, 1.807) is 11.3 Å². The lowest BCUT2D eigenvalue weighted by molar-refractivity contribution is 0.112. The number of nitrogens with zero attached hydrogens (tertiary/aromatic N) is 1. The lowest BCUT2D eigenvalue weighted by Crippen LogP contribution is -2.11. The molecule has 1 N–H and O–H groups in total. The largest absolute Gasteiger partial charge is 0.371 e. The van der Waals surface area contributed by atoms with Gasteiger partial charge in [-0.15, -0.1) is 11.3 Å². The standard InChI is InChI=1S/C16H20N2OS/c1-2-17-11-14-15(12-7-4-3-5-8-12)18-16(20-14)13-9-6-10-19-13/h3-5,7-8,13,17H,2,6,9-11H2,1H3. The van der Waals surface area contributed by atoms with Crippen molar-refractivity contribution in [1.29, 1.82) is 0 Å². The SMILES string of the molecule is CCNCc1sc(C2CCCO2)nc1-c1ccccc1. The Morgan fingerprint density at radius 3 is 2.90 bits per heavy atom. The van der Waals surface area contributed by atoms with Crippen molar-refractivity contribution in [2.75, 3.05) is 13.2 Å². The van der Waals surface area contributed by atoms with Crippen LogP contribution in [0.1, 0.15) is 35.8 Å². The Kier molecular flexibility index (Phi) is 4.45. The average Bonchev–Trinajstić information content (AvgIpc) is 3.15. The zero-order chi connectivity index (χ0) is 13.8. The van der Waals surface area contributed by atoms with Gasteiger partial charge in [0.05, 0.1) is 5.69 Å². The first-order chi connectivity index (χ1) is 9.88. The van der Waals surface area contributed by atoms with Crippen LogP contribution in [0.15, 0.2) is 30.3 Å². The zero-order valence-corrected chi connectivity index (χ0v) is 12.6. The quantitative estimate of drug-likeness (QED) is 0.909. The second-order valence-corrected chi connectivity index (χ2v) is 6.09. The number of rotatable bonds is 5. The first-order valence-corrected chi connectivity index (χ1v) is 8.07. The van der Waals surface area contributed by atoms with Gasteiger partial charge in [0.2, 0.25) is 0 Å². The molecule has 0 radical (unpaired) electrons. The van der Waals surface area contributed by atoms with Crippen LogP contribution in [0, 0.1) is 0 Å². The Hall–Kier alpha value is -1.23. The van der Waals surface area contributed by atoms with Crippen LogP contribution in [0.4, 0.5) is 0 Å². The van der Waals surface area contributed by atoms with Gasteiger partial charge >= 0.3 is 0 Å². The van der Waals surface area contributed by atoms with Gasteiger partial charge in [0.25, 0.3) is 0 Å². The summed E-state index contributed by atoms with van der Waals surface area (Å²) >= 11 is 1.79. The molecule has 1 saturated heterocycles. The average molecular weight is 288 g/mol. The van der Waals surface area contributed by atoms with Crippen LogP contribution in [-0.4, -0.2) is 18.1 Å². The van der Waals surface area contributed by atoms with E-state index in [2.05, 4.69) is 36.5 Å². The topological polar surface area (TPSA) is 34.1 Å². The minimum Gasteiger partial charge on any atom is -0.371 e. The molecule has 0 saturated carbocycles. The fraction of sp³-hybridized carbons (Fsp3) is 0.438. The third-order valence-corrected chi connectivity index (χ3v) is 4.65. The predicted octanol–water partition coefficient (Wildman–Crippen LogP) is 3.77. The number of nitrogens with one attached hydrogen (secondary N) is 1. The number of aromatic nitrogens is 1. The van der Waals surface area contributed by atoms with Crippen LogP contribution >= 0.6 is 11.3 Å². The van der Waals surface area contributed by atoms with E-state index in [0.29, 0.717) is 0 Å². The fourth-order valence-electron chi connectivity index (χ4n) is 2.46. The number of thiazole rings is 1. The molecule has 1 aliphatic rings. The third-order valence-electron chi connectivity index (χ3n) is 3.50. The van der Waals surface area contributed by atoms with Crippen LogP contribution in [-0.2, 0) is 11.3 Å². The summed E-state index contributed by atoms with van der Waals surface area (Å²) in [5.41, 5.74) is 2.31. The summed E-state index contributed by atoms with van der Waals surface area (Å²) < 4.78 is 5.78. The molecule has 2 heterocycles. The summed E-state index contributed by atoms with van der Waals surface area (Å²) in [5, 5.41) is 4.54. The molecule has 0 bridgehead atoms. The summed E-state index contributed by atoms with van der Waals surface area (Å²) in [6.45, 7) is 4.85. The second-order valence-electron chi connectivity index (χ2n) is 4.97. The molecule has 4 heteroatoms. The van der Waals surface area contributed by atoms with E-state index >= 15 is 0 Å². The van der Waals surface area contributed by atoms with E-state index in [0.717, 1.165) is 43.2 Å². The maximum Gasteiger partial charge on any atom is 0.123 e. The molecular formula is C16H20N2OS.